The number of aliphatic hydroxyl groups is 3. The van der Waals surface area contributed by atoms with Crippen LogP contribution in [0.15, 0.2) is 33.5 Å². The van der Waals surface area contributed by atoms with Gasteiger partial charge in [-0.2, -0.15) is 0 Å². The van der Waals surface area contributed by atoms with Crippen molar-refractivity contribution < 1.29 is 39.1 Å². The number of rotatable bonds is 3. The summed E-state index contributed by atoms with van der Waals surface area (Å²) in [5.41, 5.74) is -1.40. The van der Waals surface area contributed by atoms with Gasteiger partial charge in [-0.15, -0.1) is 0 Å². The van der Waals surface area contributed by atoms with Crippen molar-refractivity contribution in [3.05, 3.63) is 40.2 Å². The van der Waals surface area contributed by atoms with E-state index in [0.717, 1.165) is 0 Å². The second-order valence-electron chi connectivity index (χ2n) is 5.75. The van der Waals surface area contributed by atoms with Gasteiger partial charge in [0.05, 0.1) is 6.10 Å². The van der Waals surface area contributed by atoms with Crippen molar-refractivity contribution in [3.63, 3.8) is 0 Å². The van der Waals surface area contributed by atoms with Crippen molar-refractivity contribution in [1.82, 2.24) is 0 Å². The van der Waals surface area contributed by atoms with E-state index in [0.29, 0.717) is 5.39 Å². The zero-order valence-corrected chi connectivity index (χ0v) is 13.0. The molecule has 9 nitrogen and oxygen atoms in total. The minimum Gasteiger partial charge on any atom is -0.477 e. The Morgan fingerprint density at radius 3 is 2.52 bits per heavy atom. The Kier molecular flexibility index (Phi) is 4.48. The molecule has 1 fully saturated rings. The topological polar surface area (TPSA) is 147 Å². The summed E-state index contributed by atoms with van der Waals surface area (Å²) in [6, 6.07) is 5.46. The second kappa shape index (κ2) is 6.45. The van der Waals surface area contributed by atoms with Gasteiger partial charge in [0.2, 0.25) is 6.29 Å². The summed E-state index contributed by atoms with van der Waals surface area (Å²) in [4.78, 5) is 22.6. The zero-order chi connectivity index (χ0) is 18.3. The SMILES string of the molecule is C[C@H]1O[C@@H](Oc2ccc3cc(C(=O)O)c(=O)oc3c2)[C@H](O)[C@@H](O)[C@@H]1O. The fraction of sp³-hybridized carbons (Fsp3) is 0.375. The van der Waals surface area contributed by atoms with E-state index < -0.39 is 47.9 Å². The molecular formula is C16H16O9. The minimum absolute atomic E-state index is 0.0893. The van der Waals surface area contributed by atoms with Crippen molar-refractivity contribution in [2.45, 2.75) is 37.6 Å². The maximum absolute atomic E-state index is 11.6. The summed E-state index contributed by atoms with van der Waals surface area (Å²) in [6.45, 7) is 1.52. The minimum atomic E-state index is -1.48. The summed E-state index contributed by atoms with van der Waals surface area (Å²) >= 11 is 0. The maximum atomic E-state index is 11.6. The third-order valence-electron chi connectivity index (χ3n) is 4.00. The number of carboxylic acids is 1. The standard InChI is InChI=1S/C16H16O9/c1-6-11(17)12(18)13(19)16(23-6)24-8-3-2-7-4-9(14(20)21)15(22)25-10(7)5-8/h2-6,11-13,16-19H,1H3,(H,20,21)/t6-,11-,12+,13-,16+/m1/s1. The first-order valence-corrected chi connectivity index (χ1v) is 7.45. The van der Waals surface area contributed by atoms with Crippen molar-refractivity contribution in [2.24, 2.45) is 0 Å². The number of hydrogen-bond acceptors (Lipinski definition) is 8. The fourth-order valence-electron chi connectivity index (χ4n) is 2.56. The molecule has 1 aromatic carbocycles. The van der Waals surface area contributed by atoms with Crippen molar-refractivity contribution in [2.75, 3.05) is 0 Å². The molecular weight excluding hydrogens is 336 g/mol. The van der Waals surface area contributed by atoms with Crippen LogP contribution in [-0.4, -0.2) is 57.1 Å². The predicted octanol–water partition coefficient (Wildman–Crippen LogP) is -0.303. The highest BCUT2D eigenvalue weighted by Crippen LogP contribution is 2.26. The molecule has 5 atom stereocenters. The molecule has 9 heteroatoms. The van der Waals surface area contributed by atoms with Crippen LogP contribution in [0.4, 0.5) is 0 Å². The van der Waals surface area contributed by atoms with Gasteiger partial charge in [-0.25, -0.2) is 9.59 Å². The third kappa shape index (κ3) is 3.22. The number of aromatic carboxylic acids is 1. The van der Waals surface area contributed by atoms with Crippen molar-refractivity contribution in [3.8, 4) is 5.75 Å². The smallest absolute Gasteiger partial charge is 0.351 e. The van der Waals surface area contributed by atoms with Crippen LogP contribution in [0, 0.1) is 0 Å². The van der Waals surface area contributed by atoms with Crippen molar-refractivity contribution in [1.29, 1.82) is 0 Å². The molecule has 1 aliphatic heterocycles. The lowest BCUT2D eigenvalue weighted by Crippen LogP contribution is -2.58. The number of ether oxygens (including phenoxy) is 2. The van der Waals surface area contributed by atoms with Gasteiger partial charge in [0.15, 0.2) is 0 Å². The fourth-order valence-corrected chi connectivity index (χ4v) is 2.56. The van der Waals surface area contributed by atoms with Crippen molar-refractivity contribution >= 4 is 16.9 Å². The lowest BCUT2D eigenvalue weighted by molar-refractivity contribution is -0.268. The van der Waals surface area contributed by atoms with Gasteiger partial charge in [-0.1, -0.05) is 0 Å². The summed E-state index contributed by atoms with van der Waals surface area (Å²) < 4.78 is 15.7. The van der Waals surface area contributed by atoms with Gasteiger partial charge in [-0.3, -0.25) is 0 Å². The third-order valence-corrected chi connectivity index (χ3v) is 4.00. The zero-order valence-electron chi connectivity index (χ0n) is 13.0. The molecule has 2 aromatic rings. The molecule has 0 aliphatic carbocycles. The van der Waals surface area contributed by atoms with E-state index in [1.807, 2.05) is 0 Å². The van der Waals surface area contributed by atoms with E-state index in [4.69, 9.17) is 19.0 Å². The summed E-state index contributed by atoms with van der Waals surface area (Å²) in [5, 5.41) is 38.7. The molecule has 4 N–H and O–H groups in total. The Balaban J connectivity index is 1.88. The Morgan fingerprint density at radius 2 is 1.84 bits per heavy atom. The number of carboxylic acid groups (broad SMARTS) is 1. The highest BCUT2D eigenvalue weighted by atomic mass is 16.7. The van der Waals surface area contributed by atoms with Gasteiger partial charge in [0.25, 0.3) is 0 Å². The van der Waals surface area contributed by atoms with Crippen LogP contribution < -0.4 is 10.4 Å². The molecule has 0 spiro atoms. The molecule has 2 heterocycles. The summed E-state index contributed by atoms with van der Waals surface area (Å²) in [5.74, 6) is -1.23. The van der Waals surface area contributed by atoms with E-state index in [2.05, 4.69) is 0 Å². The largest absolute Gasteiger partial charge is 0.477 e. The number of benzene rings is 1. The molecule has 3 rings (SSSR count). The Bertz CT molecular complexity index is 858. The molecule has 25 heavy (non-hydrogen) atoms. The number of carbonyl (C=O) groups is 1. The molecule has 1 aromatic heterocycles. The van der Waals surface area contributed by atoms with Gasteiger partial charge < -0.3 is 34.3 Å². The number of aliphatic hydroxyl groups excluding tert-OH is 3. The van der Waals surface area contributed by atoms with Gasteiger partial charge in [0.1, 0.15) is 35.2 Å². The highest BCUT2D eigenvalue weighted by molar-refractivity contribution is 5.91. The quantitative estimate of drug-likeness (QED) is 0.546. The van der Waals surface area contributed by atoms with Crippen LogP contribution in [-0.2, 0) is 4.74 Å². The molecule has 0 amide bonds. The average molecular weight is 352 g/mol. The summed E-state index contributed by atoms with van der Waals surface area (Å²) in [7, 11) is 0. The predicted molar refractivity (Wildman–Crippen MR) is 82.4 cm³/mol. The van der Waals surface area contributed by atoms with E-state index in [1.165, 1.54) is 31.2 Å². The van der Waals surface area contributed by atoms with E-state index >= 15 is 0 Å². The van der Waals surface area contributed by atoms with Crippen LogP contribution in [0.25, 0.3) is 11.0 Å². The lowest BCUT2D eigenvalue weighted by atomic mass is 10.00. The lowest BCUT2D eigenvalue weighted by Gasteiger charge is -2.38. The first-order valence-electron chi connectivity index (χ1n) is 7.45. The van der Waals surface area contributed by atoms with E-state index in [9.17, 15) is 24.9 Å². The monoisotopic (exact) mass is 352 g/mol. The maximum Gasteiger partial charge on any atom is 0.351 e. The molecule has 0 saturated carbocycles. The van der Waals surface area contributed by atoms with Gasteiger partial charge in [-0.05, 0) is 25.1 Å². The van der Waals surface area contributed by atoms with Crippen LogP contribution in [0.1, 0.15) is 17.3 Å². The van der Waals surface area contributed by atoms with Crippen LogP contribution in [0.3, 0.4) is 0 Å². The first kappa shape index (κ1) is 17.4. The van der Waals surface area contributed by atoms with Crippen LogP contribution >= 0.6 is 0 Å². The van der Waals surface area contributed by atoms with Crippen LogP contribution in [0.2, 0.25) is 0 Å². The average Bonchev–Trinajstić information content (AvgIpc) is 2.56. The first-order chi connectivity index (χ1) is 11.8. The van der Waals surface area contributed by atoms with Gasteiger partial charge in [0, 0.05) is 11.5 Å². The molecule has 1 aliphatic rings. The summed E-state index contributed by atoms with van der Waals surface area (Å²) in [6.07, 6.45) is -6.18. The van der Waals surface area contributed by atoms with Gasteiger partial charge >= 0.3 is 11.6 Å². The Morgan fingerprint density at radius 1 is 1.12 bits per heavy atom. The van der Waals surface area contributed by atoms with E-state index in [-0.39, 0.29) is 11.3 Å². The number of fused-ring (bicyclic) bond motifs is 1. The second-order valence-corrected chi connectivity index (χ2v) is 5.75. The molecule has 0 radical (unpaired) electrons. The number of hydrogen-bond donors (Lipinski definition) is 4. The normalized spacial score (nSPS) is 29.5. The Labute approximate surface area is 140 Å². The van der Waals surface area contributed by atoms with Crippen LogP contribution in [0.5, 0.6) is 5.75 Å². The molecule has 134 valence electrons. The molecule has 0 unspecified atom stereocenters. The molecule has 0 bridgehead atoms. The van der Waals surface area contributed by atoms with E-state index in [1.54, 1.807) is 0 Å². The molecule has 1 saturated heterocycles. The Hall–Kier alpha value is -2.46. The highest BCUT2D eigenvalue weighted by Gasteiger charge is 2.43.